The lowest BCUT2D eigenvalue weighted by atomic mass is 10.0. The molecule has 0 aliphatic carbocycles. The minimum absolute atomic E-state index is 0.349. The number of halogens is 1. The van der Waals surface area contributed by atoms with Crippen molar-refractivity contribution in [2.75, 3.05) is 42.3 Å². The normalized spacial score (nSPS) is 14.9. The van der Waals surface area contributed by atoms with E-state index in [1.807, 2.05) is 31.1 Å². The SMILES string of the molecule is CN(C)c1cc(NC2CCN(c3ncc(Br)cc3C#N)CC2)ncn1. The van der Waals surface area contributed by atoms with Crippen LogP contribution in [0.25, 0.3) is 0 Å². The van der Waals surface area contributed by atoms with Crippen LogP contribution in [-0.2, 0) is 0 Å². The van der Waals surface area contributed by atoms with Crippen LogP contribution < -0.4 is 15.1 Å². The molecule has 0 spiro atoms. The molecule has 130 valence electrons. The number of anilines is 3. The number of aromatic nitrogens is 3. The first-order valence-electron chi connectivity index (χ1n) is 8.13. The van der Waals surface area contributed by atoms with Crippen LogP contribution in [0.4, 0.5) is 17.5 Å². The van der Waals surface area contributed by atoms with Crippen molar-refractivity contribution in [2.45, 2.75) is 18.9 Å². The Morgan fingerprint density at radius 2 is 2.00 bits per heavy atom. The van der Waals surface area contributed by atoms with E-state index in [1.165, 1.54) is 0 Å². The van der Waals surface area contributed by atoms with Crippen molar-refractivity contribution < 1.29 is 0 Å². The average molecular weight is 402 g/mol. The molecule has 25 heavy (non-hydrogen) atoms. The molecule has 1 fully saturated rings. The van der Waals surface area contributed by atoms with E-state index in [2.05, 4.69) is 47.2 Å². The highest BCUT2D eigenvalue weighted by Crippen LogP contribution is 2.25. The Kier molecular flexibility index (Phi) is 5.34. The first-order chi connectivity index (χ1) is 12.1. The molecule has 1 N–H and O–H groups in total. The Labute approximate surface area is 155 Å². The summed E-state index contributed by atoms with van der Waals surface area (Å²) in [6, 6.07) is 6.35. The minimum atomic E-state index is 0.349. The van der Waals surface area contributed by atoms with Crippen molar-refractivity contribution in [3.63, 3.8) is 0 Å². The van der Waals surface area contributed by atoms with Crippen LogP contribution in [0, 0.1) is 11.3 Å². The number of nitriles is 1. The zero-order valence-corrected chi connectivity index (χ0v) is 15.9. The van der Waals surface area contributed by atoms with Crippen LogP contribution in [-0.4, -0.2) is 48.2 Å². The van der Waals surface area contributed by atoms with Crippen molar-refractivity contribution in [3.8, 4) is 6.07 Å². The third kappa shape index (κ3) is 4.17. The quantitative estimate of drug-likeness (QED) is 0.842. The summed E-state index contributed by atoms with van der Waals surface area (Å²) in [7, 11) is 3.92. The molecule has 1 aliphatic heterocycles. The molecule has 0 unspecified atom stereocenters. The minimum Gasteiger partial charge on any atom is -0.367 e. The molecule has 3 rings (SSSR count). The van der Waals surface area contributed by atoms with Gasteiger partial charge in [-0.2, -0.15) is 5.26 Å². The van der Waals surface area contributed by atoms with Gasteiger partial charge in [0.05, 0.1) is 5.56 Å². The van der Waals surface area contributed by atoms with Gasteiger partial charge in [0, 0.05) is 50.0 Å². The molecule has 7 nitrogen and oxygen atoms in total. The van der Waals surface area contributed by atoms with Crippen LogP contribution in [0.3, 0.4) is 0 Å². The summed E-state index contributed by atoms with van der Waals surface area (Å²) < 4.78 is 0.824. The summed E-state index contributed by atoms with van der Waals surface area (Å²) in [4.78, 5) is 17.1. The number of nitrogens with zero attached hydrogens (tertiary/aromatic N) is 6. The summed E-state index contributed by atoms with van der Waals surface area (Å²) in [6.07, 6.45) is 5.25. The molecule has 8 heteroatoms. The number of nitrogens with one attached hydrogen (secondary N) is 1. The van der Waals surface area contributed by atoms with E-state index in [0.29, 0.717) is 11.6 Å². The van der Waals surface area contributed by atoms with Gasteiger partial charge in [0.25, 0.3) is 0 Å². The molecule has 1 aliphatic rings. The molecule has 2 aromatic rings. The van der Waals surface area contributed by atoms with E-state index in [9.17, 15) is 5.26 Å². The Morgan fingerprint density at radius 3 is 2.68 bits per heavy atom. The van der Waals surface area contributed by atoms with Gasteiger partial charge in [0.15, 0.2) is 0 Å². The second-order valence-electron chi connectivity index (χ2n) is 6.20. The second kappa shape index (κ2) is 7.66. The maximum atomic E-state index is 9.32. The van der Waals surface area contributed by atoms with Crippen molar-refractivity contribution >= 4 is 33.4 Å². The fourth-order valence-corrected chi connectivity index (χ4v) is 3.21. The summed E-state index contributed by atoms with van der Waals surface area (Å²) in [5.41, 5.74) is 0.604. The molecule has 0 aromatic carbocycles. The zero-order valence-electron chi connectivity index (χ0n) is 14.3. The second-order valence-corrected chi connectivity index (χ2v) is 7.11. The third-order valence-corrected chi connectivity index (χ3v) is 4.64. The van der Waals surface area contributed by atoms with E-state index < -0.39 is 0 Å². The van der Waals surface area contributed by atoms with Crippen LogP contribution in [0.15, 0.2) is 29.1 Å². The summed E-state index contributed by atoms with van der Waals surface area (Å²) in [5.74, 6) is 2.49. The molecule has 2 aromatic heterocycles. The van der Waals surface area contributed by atoms with E-state index >= 15 is 0 Å². The van der Waals surface area contributed by atoms with Gasteiger partial charge in [-0.1, -0.05) is 0 Å². The monoisotopic (exact) mass is 401 g/mol. The van der Waals surface area contributed by atoms with Crippen molar-refractivity contribution in [2.24, 2.45) is 0 Å². The van der Waals surface area contributed by atoms with E-state index in [-0.39, 0.29) is 0 Å². The Morgan fingerprint density at radius 1 is 1.24 bits per heavy atom. The number of piperidine rings is 1. The van der Waals surface area contributed by atoms with Gasteiger partial charge in [-0.05, 0) is 34.8 Å². The van der Waals surface area contributed by atoms with Gasteiger partial charge in [-0.3, -0.25) is 0 Å². The summed E-state index contributed by atoms with van der Waals surface area (Å²) >= 11 is 3.37. The fraction of sp³-hybridized carbons (Fsp3) is 0.412. The van der Waals surface area contributed by atoms with E-state index in [1.54, 1.807) is 12.5 Å². The molecular formula is C17H20BrN7. The Hall–Kier alpha value is -2.40. The van der Waals surface area contributed by atoms with Gasteiger partial charge in [0.2, 0.25) is 0 Å². The van der Waals surface area contributed by atoms with Gasteiger partial charge >= 0.3 is 0 Å². The predicted molar refractivity (Wildman–Crippen MR) is 102 cm³/mol. The smallest absolute Gasteiger partial charge is 0.146 e. The highest BCUT2D eigenvalue weighted by atomic mass is 79.9. The highest BCUT2D eigenvalue weighted by Gasteiger charge is 2.22. The van der Waals surface area contributed by atoms with Crippen LogP contribution in [0.1, 0.15) is 18.4 Å². The van der Waals surface area contributed by atoms with Crippen molar-refractivity contribution in [1.29, 1.82) is 5.26 Å². The molecule has 0 amide bonds. The number of rotatable bonds is 4. The largest absolute Gasteiger partial charge is 0.367 e. The maximum Gasteiger partial charge on any atom is 0.146 e. The van der Waals surface area contributed by atoms with Gasteiger partial charge in [-0.25, -0.2) is 15.0 Å². The topological polar surface area (TPSA) is 81.0 Å². The summed E-state index contributed by atoms with van der Waals surface area (Å²) in [6.45, 7) is 1.71. The Balaban J connectivity index is 1.63. The third-order valence-electron chi connectivity index (χ3n) is 4.21. The number of pyridine rings is 1. The lowest BCUT2D eigenvalue weighted by molar-refractivity contribution is 0.522. The molecule has 0 bridgehead atoms. The fourth-order valence-electron chi connectivity index (χ4n) is 2.88. The number of hydrogen-bond donors (Lipinski definition) is 1. The van der Waals surface area contributed by atoms with Crippen LogP contribution in [0.2, 0.25) is 0 Å². The lowest BCUT2D eigenvalue weighted by Crippen LogP contribution is -2.40. The molecule has 1 saturated heterocycles. The lowest BCUT2D eigenvalue weighted by Gasteiger charge is -2.33. The first-order valence-corrected chi connectivity index (χ1v) is 8.92. The van der Waals surface area contributed by atoms with E-state index in [0.717, 1.165) is 47.9 Å². The van der Waals surface area contributed by atoms with Crippen molar-refractivity contribution in [3.05, 3.63) is 34.7 Å². The van der Waals surface area contributed by atoms with Crippen molar-refractivity contribution in [1.82, 2.24) is 15.0 Å². The first kappa shape index (κ1) is 17.4. The zero-order chi connectivity index (χ0) is 17.8. The maximum absolute atomic E-state index is 9.32. The molecular weight excluding hydrogens is 382 g/mol. The molecule has 3 heterocycles. The standard InChI is InChI=1S/C17H20BrN7/c1-24(2)16-8-15(21-11-22-16)23-14-3-5-25(6-4-14)17-12(9-19)7-13(18)10-20-17/h7-8,10-11,14H,3-6H2,1-2H3,(H,21,22,23). The number of hydrogen-bond acceptors (Lipinski definition) is 7. The Bertz CT molecular complexity index is 779. The molecule has 0 atom stereocenters. The molecule has 0 saturated carbocycles. The van der Waals surface area contributed by atoms with Crippen LogP contribution in [0.5, 0.6) is 0 Å². The molecule has 0 radical (unpaired) electrons. The van der Waals surface area contributed by atoms with Gasteiger partial charge < -0.3 is 15.1 Å². The average Bonchev–Trinajstić information content (AvgIpc) is 2.62. The van der Waals surface area contributed by atoms with E-state index in [4.69, 9.17) is 0 Å². The highest BCUT2D eigenvalue weighted by molar-refractivity contribution is 9.10. The van der Waals surface area contributed by atoms with Gasteiger partial charge in [-0.15, -0.1) is 0 Å². The van der Waals surface area contributed by atoms with Gasteiger partial charge in [0.1, 0.15) is 29.9 Å². The summed E-state index contributed by atoms with van der Waals surface area (Å²) in [5, 5.41) is 12.8. The predicted octanol–water partition coefficient (Wildman–Crippen LogP) is 2.65. The van der Waals surface area contributed by atoms with Crippen LogP contribution >= 0.6 is 15.9 Å².